The fraction of sp³-hybridized carbons (Fsp3) is 0.452. The Hall–Kier alpha value is -3.49. The Morgan fingerprint density at radius 1 is 1.18 bits per heavy atom. The van der Waals surface area contributed by atoms with E-state index >= 15 is 0 Å². The number of fused-ring (bicyclic) bond motifs is 2. The van der Waals surface area contributed by atoms with E-state index in [1.54, 1.807) is 11.0 Å². The number of anilines is 1. The van der Waals surface area contributed by atoms with Gasteiger partial charge >= 0.3 is 5.97 Å². The number of nitrogens with zero attached hydrogens (tertiary/aromatic N) is 2. The van der Waals surface area contributed by atoms with Gasteiger partial charge in [0.05, 0.1) is 11.5 Å². The Labute approximate surface area is 228 Å². The fourth-order valence-electron chi connectivity index (χ4n) is 7.01. The Morgan fingerprint density at radius 2 is 1.95 bits per heavy atom. The first-order chi connectivity index (χ1) is 18.9. The molecule has 2 bridgehead atoms. The number of aliphatic hydroxyl groups excluding tert-OH is 1. The van der Waals surface area contributed by atoms with Crippen LogP contribution in [0.25, 0.3) is 10.8 Å². The maximum atomic E-state index is 14.6. The molecule has 3 fully saturated rings. The predicted octanol–water partition coefficient (Wildman–Crippen LogP) is 3.63. The van der Waals surface area contributed by atoms with Gasteiger partial charge in [-0.3, -0.25) is 14.4 Å². The maximum Gasteiger partial charge on any atom is 0.313 e. The molecule has 2 amide bonds. The van der Waals surface area contributed by atoms with Crippen molar-refractivity contribution >= 4 is 34.2 Å². The van der Waals surface area contributed by atoms with Crippen LogP contribution in [0.3, 0.4) is 0 Å². The zero-order valence-electron chi connectivity index (χ0n) is 22.4. The molecule has 3 saturated heterocycles. The van der Waals surface area contributed by atoms with Crippen LogP contribution < -0.4 is 4.90 Å². The molecular weight excluding hydrogens is 496 g/mol. The summed E-state index contributed by atoms with van der Waals surface area (Å²) in [7, 11) is 0. The van der Waals surface area contributed by atoms with Crippen LogP contribution in [0.4, 0.5) is 5.69 Å². The van der Waals surface area contributed by atoms with Crippen molar-refractivity contribution in [2.45, 2.75) is 49.9 Å². The van der Waals surface area contributed by atoms with E-state index in [2.05, 4.69) is 13.2 Å². The van der Waals surface area contributed by atoms with E-state index in [4.69, 9.17) is 9.47 Å². The Morgan fingerprint density at radius 3 is 2.64 bits per heavy atom. The van der Waals surface area contributed by atoms with E-state index in [0.29, 0.717) is 31.4 Å². The summed E-state index contributed by atoms with van der Waals surface area (Å²) in [6.45, 7) is 9.76. The van der Waals surface area contributed by atoms with Crippen LogP contribution in [0.15, 0.2) is 67.8 Å². The van der Waals surface area contributed by atoms with Gasteiger partial charge in [-0.2, -0.15) is 0 Å². The SMILES string of the molecule is C=CCOC(=O)[C@H]1[C@H]2C(=O)N(CCCO)C(C(=O)N(CC=C)c3ccc4ccccc4c3)C23CC[C@]1(CC)O3. The minimum Gasteiger partial charge on any atom is -0.461 e. The lowest BCUT2D eigenvalue weighted by Gasteiger charge is -2.37. The van der Waals surface area contributed by atoms with Crippen molar-refractivity contribution in [2.24, 2.45) is 11.8 Å². The minimum atomic E-state index is -1.16. The molecular formula is C31H36N2O6. The van der Waals surface area contributed by atoms with E-state index in [1.807, 2.05) is 49.4 Å². The number of hydrogen-bond acceptors (Lipinski definition) is 6. The van der Waals surface area contributed by atoms with Crippen LogP contribution in [-0.4, -0.2) is 71.3 Å². The van der Waals surface area contributed by atoms with Gasteiger partial charge in [-0.15, -0.1) is 6.58 Å². The molecule has 0 aliphatic carbocycles. The third-order valence-corrected chi connectivity index (χ3v) is 8.69. The number of hydrogen-bond donors (Lipinski definition) is 1. The molecule has 5 rings (SSSR count). The number of carbonyl (C=O) groups is 3. The number of amides is 2. The standard InChI is InChI=1S/C31H36N2O6/c1-4-16-32(23-13-12-21-10-7-8-11-22(21)20-23)28(36)26-31-15-14-30(6-3,39-31)25(29(37)38-19-5-2)24(31)27(35)33(26)17-9-18-34/h4-5,7-8,10-13,20,24-26,34H,1-2,6,9,14-19H2,3H3/t24-,25+,26?,30-,31?/m0/s1. The molecule has 3 heterocycles. The lowest BCUT2D eigenvalue weighted by atomic mass is 9.65. The summed E-state index contributed by atoms with van der Waals surface area (Å²) in [5.74, 6) is -2.73. The van der Waals surface area contributed by atoms with Gasteiger partial charge in [0.15, 0.2) is 0 Å². The lowest BCUT2D eigenvalue weighted by Crippen LogP contribution is -2.56. The molecule has 5 atom stereocenters. The van der Waals surface area contributed by atoms with Crippen molar-refractivity contribution in [2.75, 3.05) is 31.2 Å². The van der Waals surface area contributed by atoms with Crippen molar-refractivity contribution in [3.05, 3.63) is 67.8 Å². The van der Waals surface area contributed by atoms with Gasteiger partial charge in [-0.25, -0.2) is 0 Å². The van der Waals surface area contributed by atoms with E-state index < -0.39 is 35.0 Å². The molecule has 2 unspecified atom stereocenters. The molecule has 2 aromatic rings. The highest BCUT2D eigenvalue weighted by Crippen LogP contribution is 2.64. The molecule has 0 radical (unpaired) electrons. The summed E-state index contributed by atoms with van der Waals surface area (Å²) in [4.78, 5) is 45.2. The zero-order valence-corrected chi connectivity index (χ0v) is 22.4. The summed E-state index contributed by atoms with van der Waals surface area (Å²) in [6.07, 6.45) is 5.01. The molecule has 206 valence electrons. The normalized spacial score (nSPS) is 28.9. The highest BCUT2D eigenvalue weighted by molar-refractivity contribution is 6.05. The van der Waals surface area contributed by atoms with Gasteiger partial charge in [0.25, 0.3) is 5.91 Å². The molecule has 3 aliphatic rings. The monoisotopic (exact) mass is 532 g/mol. The molecule has 0 aromatic heterocycles. The van der Waals surface area contributed by atoms with Gasteiger partial charge in [0.2, 0.25) is 5.91 Å². The quantitative estimate of drug-likeness (QED) is 0.351. The van der Waals surface area contributed by atoms with Crippen LogP contribution in [0, 0.1) is 11.8 Å². The van der Waals surface area contributed by atoms with Crippen molar-refractivity contribution < 1.29 is 29.0 Å². The van der Waals surface area contributed by atoms with Gasteiger partial charge in [-0.1, -0.05) is 56.0 Å². The van der Waals surface area contributed by atoms with Crippen molar-refractivity contribution in [3.63, 3.8) is 0 Å². The Bertz CT molecular complexity index is 1310. The Kier molecular flexibility index (Phi) is 7.35. The van der Waals surface area contributed by atoms with Gasteiger partial charge in [-0.05, 0) is 48.6 Å². The second kappa shape index (κ2) is 10.6. The van der Waals surface area contributed by atoms with Gasteiger partial charge in [0.1, 0.15) is 24.2 Å². The predicted molar refractivity (Wildman–Crippen MR) is 148 cm³/mol. The van der Waals surface area contributed by atoms with Crippen LogP contribution in [0.2, 0.25) is 0 Å². The largest absolute Gasteiger partial charge is 0.461 e. The molecule has 8 nitrogen and oxygen atoms in total. The van der Waals surface area contributed by atoms with Gasteiger partial charge in [0, 0.05) is 25.4 Å². The number of likely N-dealkylation sites (tertiary alicyclic amines) is 1. The summed E-state index contributed by atoms with van der Waals surface area (Å²) >= 11 is 0. The van der Waals surface area contributed by atoms with Gasteiger partial charge < -0.3 is 24.4 Å². The maximum absolute atomic E-state index is 14.6. The highest BCUT2D eigenvalue weighted by atomic mass is 16.6. The summed E-state index contributed by atoms with van der Waals surface area (Å²) in [6, 6.07) is 12.8. The molecule has 1 N–H and O–H groups in total. The first kappa shape index (κ1) is 27.1. The number of esters is 1. The summed E-state index contributed by atoms with van der Waals surface area (Å²) in [5.41, 5.74) is -1.34. The molecule has 1 spiro atoms. The molecule has 8 heteroatoms. The van der Waals surface area contributed by atoms with E-state index in [-0.39, 0.29) is 38.1 Å². The van der Waals surface area contributed by atoms with Crippen molar-refractivity contribution in [1.29, 1.82) is 0 Å². The van der Waals surface area contributed by atoms with E-state index in [1.165, 1.54) is 11.0 Å². The number of aliphatic hydroxyl groups is 1. The number of ether oxygens (including phenoxy) is 2. The molecule has 2 aromatic carbocycles. The van der Waals surface area contributed by atoms with Crippen molar-refractivity contribution in [3.8, 4) is 0 Å². The van der Waals surface area contributed by atoms with Crippen LogP contribution in [0.1, 0.15) is 32.6 Å². The smallest absolute Gasteiger partial charge is 0.313 e. The number of carbonyl (C=O) groups excluding carboxylic acids is 3. The average molecular weight is 533 g/mol. The Balaban J connectivity index is 1.59. The molecule has 3 aliphatic heterocycles. The average Bonchev–Trinajstić information content (AvgIpc) is 3.56. The minimum absolute atomic E-state index is 0.0364. The van der Waals surface area contributed by atoms with E-state index in [9.17, 15) is 19.5 Å². The lowest BCUT2D eigenvalue weighted by molar-refractivity contribution is -0.159. The second-order valence-corrected chi connectivity index (χ2v) is 10.6. The fourth-order valence-corrected chi connectivity index (χ4v) is 7.01. The topological polar surface area (TPSA) is 96.4 Å². The molecule has 39 heavy (non-hydrogen) atoms. The number of rotatable bonds is 11. The van der Waals surface area contributed by atoms with Crippen LogP contribution in [0.5, 0.6) is 0 Å². The zero-order chi connectivity index (χ0) is 27.8. The van der Waals surface area contributed by atoms with Crippen molar-refractivity contribution in [1.82, 2.24) is 4.90 Å². The summed E-state index contributed by atoms with van der Waals surface area (Å²) < 4.78 is 12.2. The summed E-state index contributed by atoms with van der Waals surface area (Å²) in [5, 5.41) is 11.6. The third kappa shape index (κ3) is 4.17. The van der Waals surface area contributed by atoms with E-state index in [0.717, 1.165) is 10.8 Å². The first-order valence-corrected chi connectivity index (χ1v) is 13.7. The van der Waals surface area contributed by atoms with Crippen LogP contribution >= 0.6 is 0 Å². The molecule has 0 saturated carbocycles. The number of benzene rings is 2. The highest BCUT2D eigenvalue weighted by Gasteiger charge is 2.79. The third-order valence-electron chi connectivity index (χ3n) is 8.69. The van der Waals surface area contributed by atoms with Crippen LogP contribution in [-0.2, 0) is 23.9 Å². The second-order valence-electron chi connectivity index (χ2n) is 10.6. The first-order valence-electron chi connectivity index (χ1n) is 13.7.